The summed E-state index contributed by atoms with van der Waals surface area (Å²) < 4.78 is 77.1. The number of rotatable bonds is 3. The molecule has 0 radical (unpaired) electrons. The highest BCUT2D eigenvalue weighted by Gasteiger charge is 2.41. The minimum atomic E-state index is -4.27. The molecule has 0 aromatic heterocycles. The van der Waals surface area contributed by atoms with E-state index in [1.165, 1.54) is 0 Å². The van der Waals surface area contributed by atoms with Crippen molar-refractivity contribution in [1.82, 2.24) is 10.2 Å². The lowest BCUT2D eigenvalue weighted by Gasteiger charge is -2.37. The first-order valence-corrected chi connectivity index (χ1v) is 9.04. The number of halogens is 4. The Balaban J connectivity index is 0.000000423. The Morgan fingerprint density at radius 1 is 1.00 bits per heavy atom. The molecule has 0 spiro atoms. The van der Waals surface area contributed by atoms with Gasteiger partial charge in [0.25, 0.3) is 0 Å². The molecule has 2 heterocycles. The molecule has 0 bridgehead atoms. The largest absolute Gasteiger partial charge is 0.401 e. The van der Waals surface area contributed by atoms with Crippen molar-refractivity contribution in [1.29, 1.82) is 0 Å². The van der Waals surface area contributed by atoms with Gasteiger partial charge in [0.1, 0.15) is 5.25 Å². The SMILES string of the molecule is Cl.NS(=O)(=O)C1CN(CC(F)(F)F)C1.NS(=O)(=O)C1CNC1. The fourth-order valence-corrected chi connectivity index (χ4v) is 3.14. The van der Waals surface area contributed by atoms with Crippen molar-refractivity contribution in [2.24, 2.45) is 10.3 Å². The first-order valence-electron chi connectivity index (χ1n) is 5.82. The van der Waals surface area contributed by atoms with Crippen molar-refractivity contribution < 1.29 is 30.0 Å². The fraction of sp³-hybridized carbons (Fsp3) is 1.00. The van der Waals surface area contributed by atoms with Crippen LogP contribution in [0.3, 0.4) is 0 Å². The van der Waals surface area contributed by atoms with Crippen molar-refractivity contribution in [3.63, 3.8) is 0 Å². The molecule has 134 valence electrons. The molecular formula is C8H18ClF3N4O4S2. The Kier molecular flexibility index (Phi) is 7.53. The number of hydrogen-bond donors (Lipinski definition) is 3. The Hall–Kier alpha value is -0.180. The van der Waals surface area contributed by atoms with E-state index in [4.69, 9.17) is 10.3 Å². The van der Waals surface area contributed by atoms with Gasteiger partial charge in [0, 0.05) is 26.2 Å². The summed E-state index contributed by atoms with van der Waals surface area (Å²) in [6.07, 6.45) is -4.27. The zero-order valence-corrected chi connectivity index (χ0v) is 13.7. The predicted octanol–water partition coefficient (Wildman–Crippen LogP) is -1.81. The summed E-state index contributed by atoms with van der Waals surface area (Å²) in [5.74, 6) is 0. The third-order valence-corrected chi connectivity index (χ3v) is 5.49. The Bertz CT molecular complexity index is 558. The average molecular weight is 391 g/mol. The van der Waals surface area contributed by atoms with E-state index < -0.39 is 38.0 Å². The van der Waals surface area contributed by atoms with Gasteiger partial charge in [-0.25, -0.2) is 27.1 Å². The van der Waals surface area contributed by atoms with Crippen LogP contribution in [0.5, 0.6) is 0 Å². The summed E-state index contributed by atoms with van der Waals surface area (Å²) in [4.78, 5) is 0.995. The van der Waals surface area contributed by atoms with Crippen molar-refractivity contribution >= 4 is 32.5 Å². The lowest BCUT2D eigenvalue weighted by molar-refractivity contribution is -0.152. The van der Waals surface area contributed by atoms with Gasteiger partial charge in [-0.15, -0.1) is 12.4 Å². The highest BCUT2D eigenvalue weighted by molar-refractivity contribution is 7.90. The molecule has 0 aromatic rings. The number of likely N-dealkylation sites (tertiary alicyclic amines) is 1. The Labute approximate surface area is 132 Å². The number of nitrogens with one attached hydrogen (secondary N) is 1. The monoisotopic (exact) mass is 390 g/mol. The van der Waals surface area contributed by atoms with E-state index in [1.807, 2.05) is 0 Å². The van der Waals surface area contributed by atoms with E-state index in [9.17, 15) is 30.0 Å². The van der Waals surface area contributed by atoms with E-state index in [-0.39, 0.29) is 30.7 Å². The highest BCUT2D eigenvalue weighted by Crippen LogP contribution is 2.22. The van der Waals surface area contributed by atoms with Crippen LogP contribution < -0.4 is 15.6 Å². The van der Waals surface area contributed by atoms with Crippen molar-refractivity contribution in [2.45, 2.75) is 16.7 Å². The van der Waals surface area contributed by atoms with Gasteiger partial charge in [-0.1, -0.05) is 0 Å². The maximum atomic E-state index is 11.7. The van der Waals surface area contributed by atoms with Crippen LogP contribution in [0.1, 0.15) is 0 Å². The second kappa shape index (κ2) is 7.59. The topological polar surface area (TPSA) is 136 Å². The maximum Gasteiger partial charge on any atom is 0.401 e. The maximum absolute atomic E-state index is 11.7. The number of nitrogens with two attached hydrogens (primary N) is 2. The Morgan fingerprint density at radius 2 is 1.41 bits per heavy atom. The lowest BCUT2D eigenvalue weighted by Crippen LogP contribution is -2.58. The number of sulfonamides is 2. The third kappa shape index (κ3) is 7.39. The minimum absolute atomic E-state index is 0. The van der Waals surface area contributed by atoms with Gasteiger partial charge < -0.3 is 5.32 Å². The molecule has 0 aromatic carbocycles. The molecule has 0 unspecified atom stereocenters. The van der Waals surface area contributed by atoms with Gasteiger partial charge in [-0.3, -0.25) is 4.90 Å². The average Bonchev–Trinajstić information content (AvgIpc) is 2.01. The standard InChI is InChI=1S/C5H9F3N2O2S.C3H8N2O2S.ClH/c6-5(7,8)3-10-1-4(2-10)13(9,11)12;4-8(6,7)3-1-5-2-3;/h4H,1-3H2,(H2,9,11,12);3,5H,1-2H2,(H2,4,6,7);1H. The van der Waals surface area contributed by atoms with E-state index in [2.05, 4.69) is 5.32 Å². The van der Waals surface area contributed by atoms with Gasteiger partial charge in [-0.2, -0.15) is 13.2 Å². The zero-order chi connectivity index (χ0) is 16.5. The smallest absolute Gasteiger partial charge is 0.314 e. The minimum Gasteiger partial charge on any atom is -0.314 e. The van der Waals surface area contributed by atoms with Crippen molar-refractivity contribution in [3.05, 3.63) is 0 Å². The zero-order valence-electron chi connectivity index (χ0n) is 11.3. The summed E-state index contributed by atoms with van der Waals surface area (Å²) in [5, 5.41) is 11.1. The second-order valence-corrected chi connectivity index (χ2v) is 8.58. The van der Waals surface area contributed by atoms with Crippen LogP contribution in [0, 0.1) is 0 Å². The molecule has 8 nitrogen and oxygen atoms in total. The van der Waals surface area contributed by atoms with Gasteiger partial charge in [0.15, 0.2) is 0 Å². The normalized spacial score (nSPS) is 21.0. The van der Waals surface area contributed by atoms with Crippen LogP contribution in [-0.4, -0.2) is 71.1 Å². The fourth-order valence-electron chi connectivity index (χ4n) is 1.61. The van der Waals surface area contributed by atoms with Gasteiger partial charge in [-0.05, 0) is 0 Å². The Morgan fingerprint density at radius 3 is 1.59 bits per heavy atom. The molecule has 2 aliphatic heterocycles. The molecule has 14 heteroatoms. The first kappa shape index (κ1) is 21.8. The number of nitrogens with zero attached hydrogens (tertiary/aromatic N) is 1. The van der Waals surface area contributed by atoms with Crippen LogP contribution >= 0.6 is 12.4 Å². The molecule has 0 aliphatic carbocycles. The van der Waals surface area contributed by atoms with Gasteiger partial charge in [0.05, 0.1) is 11.8 Å². The van der Waals surface area contributed by atoms with E-state index in [0.717, 1.165) is 4.90 Å². The molecule has 5 N–H and O–H groups in total. The van der Waals surface area contributed by atoms with E-state index in [1.54, 1.807) is 0 Å². The summed E-state index contributed by atoms with van der Waals surface area (Å²) in [6, 6.07) is 0. The van der Waals surface area contributed by atoms with Crippen molar-refractivity contribution in [2.75, 3.05) is 32.7 Å². The summed E-state index contributed by atoms with van der Waals surface area (Å²) in [5.41, 5.74) is 0. The highest BCUT2D eigenvalue weighted by atomic mass is 35.5. The summed E-state index contributed by atoms with van der Waals surface area (Å²) in [6.45, 7) is -0.298. The van der Waals surface area contributed by atoms with E-state index >= 15 is 0 Å². The summed E-state index contributed by atoms with van der Waals surface area (Å²) >= 11 is 0. The molecule has 0 amide bonds. The predicted molar refractivity (Wildman–Crippen MR) is 76.4 cm³/mol. The van der Waals surface area contributed by atoms with Crippen LogP contribution in [-0.2, 0) is 20.0 Å². The molecule has 2 saturated heterocycles. The first-order chi connectivity index (χ1) is 9.29. The molecule has 0 atom stereocenters. The van der Waals surface area contributed by atoms with Crippen LogP contribution in [0.25, 0.3) is 0 Å². The second-order valence-electron chi connectivity index (χ2n) is 4.89. The van der Waals surface area contributed by atoms with Gasteiger partial charge in [0.2, 0.25) is 20.0 Å². The van der Waals surface area contributed by atoms with Crippen molar-refractivity contribution in [3.8, 4) is 0 Å². The molecule has 2 fully saturated rings. The number of alkyl halides is 3. The van der Waals surface area contributed by atoms with Crippen LogP contribution in [0.4, 0.5) is 13.2 Å². The molecule has 2 rings (SSSR count). The molecule has 0 saturated carbocycles. The summed E-state index contributed by atoms with van der Waals surface area (Å²) in [7, 11) is -6.89. The molecule has 2 aliphatic rings. The van der Waals surface area contributed by atoms with Crippen LogP contribution in [0.15, 0.2) is 0 Å². The van der Waals surface area contributed by atoms with Gasteiger partial charge >= 0.3 is 6.18 Å². The molecule has 22 heavy (non-hydrogen) atoms. The number of hydrogen-bond acceptors (Lipinski definition) is 6. The van der Waals surface area contributed by atoms with E-state index in [0.29, 0.717) is 13.1 Å². The number of primary sulfonamides is 2. The third-order valence-electron chi connectivity index (χ3n) is 3.00. The lowest BCUT2D eigenvalue weighted by atomic mass is 10.2. The quantitative estimate of drug-likeness (QED) is 0.519. The molecular weight excluding hydrogens is 373 g/mol. The van der Waals surface area contributed by atoms with Crippen LogP contribution in [0.2, 0.25) is 0 Å².